The normalized spacial score (nSPS) is 11.6. The van der Waals surface area contributed by atoms with Crippen LogP contribution in [0.15, 0.2) is 4.21 Å². The molecule has 5 nitrogen and oxygen atoms in total. The molecule has 0 aromatic carbocycles. The van der Waals surface area contributed by atoms with Gasteiger partial charge in [-0.2, -0.15) is 4.31 Å². The van der Waals surface area contributed by atoms with Crippen molar-refractivity contribution in [1.29, 1.82) is 0 Å². The fraction of sp³-hybridized carbons (Fsp3) is 0.500. The first-order valence-corrected chi connectivity index (χ1v) is 7.35. The average Bonchev–Trinajstić information content (AvgIpc) is 2.58. The minimum absolute atomic E-state index is 0.0629. The lowest BCUT2D eigenvalue weighted by molar-refractivity contribution is 0.446. The Kier molecular flexibility index (Phi) is 4.51. The zero-order valence-corrected chi connectivity index (χ0v) is 11.4. The van der Waals surface area contributed by atoms with Gasteiger partial charge in [-0.15, -0.1) is 6.42 Å². The van der Waals surface area contributed by atoms with Crippen molar-refractivity contribution in [3.63, 3.8) is 0 Å². The number of thiazole rings is 1. The molecule has 17 heavy (non-hydrogen) atoms. The number of nitrogens with two attached hydrogens (primary N) is 1. The van der Waals surface area contributed by atoms with Crippen molar-refractivity contribution in [2.24, 2.45) is 0 Å². The first-order valence-electron chi connectivity index (χ1n) is 5.10. The zero-order chi connectivity index (χ0) is 13.1. The number of nitrogens with zero attached hydrogens (tertiary/aromatic N) is 2. The second-order valence-electron chi connectivity index (χ2n) is 3.47. The Morgan fingerprint density at radius 2 is 2.24 bits per heavy atom. The number of rotatable bonds is 5. The van der Waals surface area contributed by atoms with Crippen molar-refractivity contribution in [1.82, 2.24) is 9.29 Å². The van der Waals surface area contributed by atoms with Crippen LogP contribution in [-0.4, -0.2) is 30.8 Å². The van der Waals surface area contributed by atoms with E-state index in [-0.39, 0.29) is 15.9 Å². The summed E-state index contributed by atoms with van der Waals surface area (Å²) in [7, 11) is -3.57. The Bertz CT molecular complexity index is 528. The molecular weight excluding hydrogens is 258 g/mol. The van der Waals surface area contributed by atoms with Crippen LogP contribution in [0.5, 0.6) is 0 Å². The van der Waals surface area contributed by atoms with Crippen LogP contribution in [0.2, 0.25) is 0 Å². The summed E-state index contributed by atoms with van der Waals surface area (Å²) >= 11 is 0.970. The molecule has 94 valence electrons. The van der Waals surface area contributed by atoms with Gasteiger partial charge in [-0.25, -0.2) is 13.4 Å². The van der Waals surface area contributed by atoms with Gasteiger partial charge < -0.3 is 5.73 Å². The topological polar surface area (TPSA) is 76.3 Å². The van der Waals surface area contributed by atoms with Gasteiger partial charge in [-0.1, -0.05) is 24.2 Å². The maximum atomic E-state index is 12.3. The van der Waals surface area contributed by atoms with E-state index in [1.807, 2.05) is 6.92 Å². The number of aromatic nitrogens is 1. The lowest BCUT2D eigenvalue weighted by Crippen LogP contribution is -2.32. The minimum atomic E-state index is -3.57. The molecule has 0 saturated heterocycles. The van der Waals surface area contributed by atoms with Crippen LogP contribution in [-0.2, 0) is 10.0 Å². The van der Waals surface area contributed by atoms with E-state index in [4.69, 9.17) is 12.2 Å². The van der Waals surface area contributed by atoms with E-state index < -0.39 is 10.0 Å². The Morgan fingerprint density at radius 1 is 1.59 bits per heavy atom. The van der Waals surface area contributed by atoms with Crippen LogP contribution in [0, 0.1) is 19.3 Å². The van der Waals surface area contributed by atoms with Crippen molar-refractivity contribution in [2.75, 3.05) is 18.8 Å². The average molecular weight is 273 g/mol. The highest BCUT2D eigenvalue weighted by Crippen LogP contribution is 2.27. The number of terminal acetylenes is 1. The third-order valence-corrected chi connectivity index (χ3v) is 5.50. The zero-order valence-electron chi connectivity index (χ0n) is 9.80. The molecule has 1 rings (SSSR count). The maximum Gasteiger partial charge on any atom is 0.255 e. The summed E-state index contributed by atoms with van der Waals surface area (Å²) in [5.41, 5.74) is 5.93. The van der Waals surface area contributed by atoms with E-state index in [1.54, 1.807) is 6.92 Å². The second-order valence-corrected chi connectivity index (χ2v) is 6.63. The first-order chi connectivity index (χ1) is 7.93. The number of hydrogen-bond donors (Lipinski definition) is 1. The van der Waals surface area contributed by atoms with Gasteiger partial charge >= 0.3 is 0 Å². The summed E-state index contributed by atoms with van der Waals surface area (Å²) in [6.45, 7) is 3.98. The molecule has 2 N–H and O–H groups in total. The van der Waals surface area contributed by atoms with Crippen molar-refractivity contribution in [2.45, 2.75) is 24.5 Å². The van der Waals surface area contributed by atoms with Crippen LogP contribution in [0.3, 0.4) is 0 Å². The Morgan fingerprint density at radius 3 is 2.65 bits per heavy atom. The lowest BCUT2D eigenvalue weighted by Gasteiger charge is -2.18. The molecule has 1 aromatic rings. The van der Waals surface area contributed by atoms with Crippen molar-refractivity contribution < 1.29 is 8.42 Å². The molecule has 0 fully saturated rings. The molecule has 0 saturated carbocycles. The fourth-order valence-electron chi connectivity index (χ4n) is 1.39. The third kappa shape index (κ3) is 2.97. The van der Waals surface area contributed by atoms with Crippen molar-refractivity contribution in [3.05, 3.63) is 5.69 Å². The van der Waals surface area contributed by atoms with E-state index >= 15 is 0 Å². The Balaban J connectivity index is 3.17. The molecule has 0 aliphatic rings. The minimum Gasteiger partial charge on any atom is -0.375 e. The summed E-state index contributed by atoms with van der Waals surface area (Å²) in [6.07, 6.45) is 5.89. The molecule has 0 amide bonds. The molecule has 0 unspecified atom stereocenters. The highest BCUT2D eigenvalue weighted by Gasteiger charge is 2.27. The molecule has 0 radical (unpaired) electrons. The Hall–Kier alpha value is -1.10. The quantitative estimate of drug-likeness (QED) is 0.814. The van der Waals surface area contributed by atoms with Crippen LogP contribution >= 0.6 is 11.3 Å². The number of hydrogen-bond acceptors (Lipinski definition) is 5. The second kappa shape index (κ2) is 5.49. The SMILES string of the molecule is C#CCN(CCC)S(=O)(=O)c1sc(N)nc1C. The fourth-order valence-corrected chi connectivity index (χ4v) is 4.27. The monoisotopic (exact) mass is 273 g/mol. The molecule has 0 atom stereocenters. The largest absolute Gasteiger partial charge is 0.375 e. The number of sulfonamides is 1. The smallest absolute Gasteiger partial charge is 0.255 e. The van der Waals surface area contributed by atoms with Crippen LogP contribution in [0.1, 0.15) is 19.0 Å². The van der Waals surface area contributed by atoms with Crippen molar-refractivity contribution in [3.8, 4) is 12.3 Å². The molecule has 1 aromatic heterocycles. The van der Waals surface area contributed by atoms with E-state index in [2.05, 4.69) is 10.9 Å². The van der Waals surface area contributed by atoms with Gasteiger partial charge in [-0.05, 0) is 13.3 Å². The highest BCUT2D eigenvalue weighted by atomic mass is 32.2. The van der Waals surface area contributed by atoms with Gasteiger partial charge in [0, 0.05) is 6.54 Å². The van der Waals surface area contributed by atoms with Crippen molar-refractivity contribution >= 4 is 26.5 Å². The summed E-state index contributed by atoms with van der Waals surface area (Å²) in [5, 5.41) is 0.248. The first kappa shape index (κ1) is 14.0. The van der Waals surface area contributed by atoms with Crippen LogP contribution < -0.4 is 5.73 Å². The molecule has 1 heterocycles. The van der Waals surface area contributed by atoms with Gasteiger partial charge in [-0.3, -0.25) is 0 Å². The number of aryl methyl sites for hydroxylation is 1. The Labute approximate surface area is 106 Å². The van der Waals surface area contributed by atoms with Gasteiger partial charge in [0.2, 0.25) is 0 Å². The van der Waals surface area contributed by atoms with Crippen LogP contribution in [0.4, 0.5) is 5.13 Å². The standard InChI is InChI=1S/C10H15N3O2S2/c1-4-6-13(7-5-2)17(14,15)9-8(3)12-10(11)16-9/h1H,5-7H2,2-3H3,(H2,11,12). The lowest BCUT2D eigenvalue weighted by atomic mass is 10.5. The van der Waals surface area contributed by atoms with Crippen LogP contribution in [0.25, 0.3) is 0 Å². The summed E-state index contributed by atoms with van der Waals surface area (Å²) in [4.78, 5) is 3.92. The molecule has 0 aliphatic heterocycles. The molecule has 0 spiro atoms. The molecular formula is C10H15N3O2S2. The number of anilines is 1. The van der Waals surface area contributed by atoms with E-state index in [0.29, 0.717) is 18.7 Å². The maximum absolute atomic E-state index is 12.3. The van der Waals surface area contributed by atoms with Gasteiger partial charge in [0.15, 0.2) is 9.34 Å². The van der Waals surface area contributed by atoms with Gasteiger partial charge in [0.05, 0.1) is 12.2 Å². The third-order valence-electron chi connectivity index (χ3n) is 2.09. The van der Waals surface area contributed by atoms with E-state index in [1.165, 1.54) is 4.31 Å². The summed E-state index contributed by atoms with van der Waals surface area (Å²) < 4.78 is 26.0. The van der Waals surface area contributed by atoms with Gasteiger partial charge in [0.25, 0.3) is 10.0 Å². The molecule has 7 heteroatoms. The predicted octanol–water partition coefficient (Wildman–Crippen LogP) is 1.07. The van der Waals surface area contributed by atoms with Gasteiger partial charge in [0.1, 0.15) is 0 Å². The van der Waals surface area contributed by atoms with E-state index in [0.717, 1.165) is 11.3 Å². The summed E-state index contributed by atoms with van der Waals surface area (Å²) in [5.74, 6) is 2.35. The number of nitrogen functional groups attached to an aromatic ring is 1. The molecule has 0 bridgehead atoms. The van der Waals surface area contributed by atoms with E-state index in [9.17, 15) is 8.42 Å². The highest BCUT2D eigenvalue weighted by molar-refractivity contribution is 7.91. The molecule has 0 aliphatic carbocycles. The summed E-state index contributed by atoms with van der Waals surface area (Å²) in [6, 6.07) is 0. The predicted molar refractivity (Wildman–Crippen MR) is 69.1 cm³/mol.